The fraction of sp³-hybridized carbons (Fsp3) is 0.455. The minimum Gasteiger partial charge on any atom is -0.453 e. The summed E-state index contributed by atoms with van der Waals surface area (Å²) in [7, 11) is -2.41. The molecule has 0 aliphatic carbocycles. The van der Waals surface area contributed by atoms with Gasteiger partial charge in [-0.2, -0.15) is 4.31 Å². The molecule has 9 heteroatoms. The molecule has 2 heterocycles. The number of hydrogen-bond donors (Lipinski definition) is 2. The molecule has 0 bridgehead atoms. The lowest BCUT2D eigenvalue weighted by molar-refractivity contribution is 0.167. The molecule has 8 nitrogen and oxygen atoms in total. The molecule has 0 aromatic carbocycles. The van der Waals surface area contributed by atoms with Crippen LogP contribution < -0.4 is 10.9 Å². The predicted octanol–water partition coefficient (Wildman–Crippen LogP) is -0.506. The largest absolute Gasteiger partial charge is 0.453 e. The van der Waals surface area contributed by atoms with Crippen LogP contribution in [0.5, 0.6) is 0 Å². The van der Waals surface area contributed by atoms with Gasteiger partial charge in [0.15, 0.2) is 0 Å². The molecule has 1 unspecified atom stereocenters. The topological polar surface area (TPSA) is 109 Å². The van der Waals surface area contributed by atoms with Gasteiger partial charge in [-0.05, 0) is 12.5 Å². The van der Waals surface area contributed by atoms with Crippen LogP contribution in [0.2, 0.25) is 0 Å². The van der Waals surface area contributed by atoms with Crippen LogP contribution in [-0.2, 0) is 14.8 Å². The smallest absolute Gasteiger partial charge is 0.407 e. The molecule has 1 atom stereocenters. The predicted molar refractivity (Wildman–Crippen MR) is 69.8 cm³/mol. The first-order valence-corrected chi connectivity index (χ1v) is 7.41. The van der Waals surface area contributed by atoms with Gasteiger partial charge in [0.05, 0.1) is 12.0 Å². The summed E-state index contributed by atoms with van der Waals surface area (Å²) in [5.41, 5.74) is -0.365. The minimum atomic E-state index is -3.66. The normalized spacial score (nSPS) is 19.8. The molecule has 2 N–H and O–H groups in total. The average molecular weight is 301 g/mol. The van der Waals surface area contributed by atoms with Crippen molar-refractivity contribution in [2.75, 3.05) is 20.2 Å². The summed E-state index contributed by atoms with van der Waals surface area (Å²) in [6.45, 7) is 0.479. The number of carbonyl (C=O) groups excluding carboxylic acids is 1. The molecule has 110 valence electrons. The third-order valence-corrected chi connectivity index (χ3v) is 4.91. The van der Waals surface area contributed by atoms with Crippen LogP contribution >= 0.6 is 0 Å². The van der Waals surface area contributed by atoms with Crippen LogP contribution in [0.25, 0.3) is 0 Å². The van der Waals surface area contributed by atoms with Crippen molar-refractivity contribution >= 4 is 16.1 Å². The second-order valence-electron chi connectivity index (χ2n) is 4.37. The van der Waals surface area contributed by atoms with Gasteiger partial charge in [0.2, 0.25) is 15.6 Å². The maximum absolute atomic E-state index is 12.3. The number of ether oxygens (including phenoxy) is 1. The van der Waals surface area contributed by atoms with Crippen molar-refractivity contribution < 1.29 is 17.9 Å². The Bertz CT molecular complexity index is 634. The number of alkyl carbamates (subject to hydrolysis) is 1. The van der Waals surface area contributed by atoms with E-state index in [9.17, 15) is 18.0 Å². The van der Waals surface area contributed by atoms with Gasteiger partial charge in [-0.25, -0.2) is 13.2 Å². The van der Waals surface area contributed by atoms with Gasteiger partial charge in [-0.3, -0.25) is 4.79 Å². The lowest BCUT2D eigenvalue weighted by Gasteiger charge is -2.16. The second kappa shape index (κ2) is 5.63. The van der Waals surface area contributed by atoms with Gasteiger partial charge in [0.25, 0.3) is 0 Å². The molecule has 2 rings (SSSR count). The van der Waals surface area contributed by atoms with E-state index in [1.165, 1.54) is 23.7 Å². The van der Waals surface area contributed by atoms with E-state index in [1.54, 1.807) is 0 Å². The molecule has 1 aromatic heterocycles. The standard InChI is InChI=1S/C11H15N3O5S/c1-19-11(16)13-8-4-5-14(7-8)20(17,18)9-2-3-10(15)12-6-9/h2-3,6,8H,4-5,7H2,1H3,(H,12,15)(H,13,16). The van der Waals surface area contributed by atoms with Crippen molar-refractivity contribution in [3.8, 4) is 0 Å². The number of hydrogen-bond acceptors (Lipinski definition) is 5. The molecule has 1 aromatic rings. The van der Waals surface area contributed by atoms with Crippen LogP contribution in [-0.4, -0.2) is 50.0 Å². The van der Waals surface area contributed by atoms with Crippen molar-refractivity contribution in [2.24, 2.45) is 0 Å². The van der Waals surface area contributed by atoms with Crippen molar-refractivity contribution in [1.29, 1.82) is 0 Å². The third kappa shape index (κ3) is 2.99. The number of methoxy groups -OCH3 is 1. The number of nitrogens with zero attached hydrogens (tertiary/aromatic N) is 1. The van der Waals surface area contributed by atoms with E-state index in [0.29, 0.717) is 13.0 Å². The van der Waals surface area contributed by atoms with E-state index in [-0.39, 0.29) is 23.0 Å². The zero-order valence-corrected chi connectivity index (χ0v) is 11.6. The van der Waals surface area contributed by atoms with Gasteiger partial charge in [-0.1, -0.05) is 0 Å². The molecule has 1 amide bonds. The average Bonchev–Trinajstić information content (AvgIpc) is 2.88. The highest BCUT2D eigenvalue weighted by Gasteiger charge is 2.33. The minimum absolute atomic E-state index is 0.0239. The fourth-order valence-corrected chi connectivity index (χ4v) is 3.46. The molecule has 0 saturated carbocycles. The number of nitrogens with one attached hydrogen (secondary N) is 2. The number of H-pyrrole nitrogens is 1. The number of aromatic amines is 1. The van der Waals surface area contributed by atoms with Crippen LogP contribution in [0.15, 0.2) is 28.0 Å². The first-order valence-electron chi connectivity index (χ1n) is 5.97. The van der Waals surface area contributed by atoms with Gasteiger partial charge in [-0.15, -0.1) is 0 Å². The number of sulfonamides is 1. The summed E-state index contributed by atoms with van der Waals surface area (Å²) in [4.78, 5) is 24.4. The summed E-state index contributed by atoms with van der Waals surface area (Å²) in [6.07, 6.45) is 1.09. The van der Waals surface area contributed by atoms with Crippen LogP contribution in [0.3, 0.4) is 0 Å². The zero-order valence-electron chi connectivity index (χ0n) is 10.8. The van der Waals surface area contributed by atoms with E-state index >= 15 is 0 Å². The second-order valence-corrected chi connectivity index (χ2v) is 6.31. The number of carbonyl (C=O) groups is 1. The molecule has 1 saturated heterocycles. The van der Waals surface area contributed by atoms with Crippen LogP contribution in [0.1, 0.15) is 6.42 Å². The molecule has 1 aliphatic heterocycles. The highest BCUT2D eigenvalue weighted by molar-refractivity contribution is 7.89. The van der Waals surface area contributed by atoms with Gasteiger partial charge in [0.1, 0.15) is 0 Å². The van der Waals surface area contributed by atoms with Gasteiger partial charge >= 0.3 is 6.09 Å². The Morgan fingerprint density at radius 1 is 1.50 bits per heavy atom. The summed E-state index contributed by atoms with van der Waals surface area (Å²) in [5, 5.41) is 2.57. The summed E-state index contributed by atoms with van der Waals surface area (Å²) < 4.78 is 30.4. The van der Waals surface area contributed by atoms with Gasteiger partial charge in [0, 0.05) is 31.4 Å². The summed E-state index contributed by atoms with van der Waals surface area (Å²) in [5.74, 6) is 0. The highest BCUT2D eigenvalue weighted by Crippen LogP contribution is 2.19. The van der Waals surface area contributed by atoms with Crippen molar-refractivity contribution in [3.63, 3.8) is 0 Å². The first kappa shape index (κ1) is 14.5. The molecule has 1 aliphatic rings. The lowest BCUT2D eigenvalue weighted by atomic mass is 10.3. The lowest BCUT2D eigenvalue weighted by Crippen LogP contribution is -2.38. The highest BCUT2D eigenvalue weighted by atomic mass is 32.2. The quantitative estimate of drug-likeness (QED) is 0.782. The molecule has 20 heavy (non-hydrogen) atoms. The SMILES string of the molecule is COC(=O)NC1CCN(S(=O)(=O)c2ccc(=O)[nH]c2)C1. The number of aromatic nitrogens is 1. The van der Waals surface area contributed by atoms with Gasteiger partial charge < -0.3 is 15.0 Å². The Morgan fingerprint density at radius 2 is 2.25 bits per heavy atom. The maximum Gasteiger partial charge on any atom is 0.407 e. The molecule has 0 radical (unpaired) electrons. The Morgan fingerprint density at radius 3 is 2.85 bits per heavy atom. The van der Waals surface area contributed by atoms with E-state index in [0.717, 1.165) is 6.07 Å². The molecular formula is C11H15N3O5S. The third-order valence-electron chi connectivity index (χ3n) is 3.05. The number of rotatable bonds is 3. The number of amides is 1. The Balaban J connectivity index is 2.10. The van der Waals surface area contributed by atoms with E-state index in [2.05, 4.69) is 15.0 Å². The fourth-order valence-electron chi connectivity index (χ4n) is 2.00. The molecular weight excluding hydrogens is 286 g/mol. The van der Waals surface area contributed by atoms with Crippen LogP contribution in [0, 0.1) is 0 Å². The molecule has 0 spiro atoms. The van der Waals surface area contributed by atoms with E-state index in [4.69, 9.17) is 0 Å². The maximum atomic E-state index is 12.3. The van der Waals surface area contributed by atoms with E-state index in [1.807, 2.05) is 0 Å². The van der Waals surface area contributed by atoms with Crippen molar-refractivity contribution in [3.05, 3.63) is 28.7 Å². The zero-order chi connectivity index (χ0) is 14.8. The number of pyridine rings is 1. The summed E-state index contributed by atoms with van der Waals surface area (Å²) in [6, 6.07) is 2.14. The molecule has 1 fully saturated rings. The van der Waals surface area contributed by atoms with Crippen molar-refractivity contribution in [2.45, 2.75) is 17.4 Å². The summed E-state index contributed by atoms with van der Waals surface area (Å²) >= 11 is 0. The Hall–Kier alpha value is -1.87. The monoisotopic (exact) mass is 301 g/mol. The van der Waals surface area contributed by atoms with Crippen molar-refractivity contribution in [1.82, 2.24) is 14.6 Å². The first-order chi connectivity index (χ1) is 9.43. The van der Waals surface area contributed by atoms with E-state index < -0.39 is 16.1 Å². The van der Waals surface area contributed by atoms with Crippen LogP contribution in [0.4, 0.5) is 4.79 Å². The Kier molecular flexibility index (Phi) is 4.09. The Labute approximate surface area is 115 Å².